The highest BCUT2D eigenvalue weighted by Gasteiger charge is 2.69. The molecule has 0 bridgehead atoms. The van der Waals surface area contributed by atoms with Crippen molar-refractivity contribution < 1.29 is 28.4 Å². The largest absolute Gasteiger partial charge is 0.351 e. The molecule has 14 heteroatoms. The van der Waals surface area contributed by atoms with E-state index in [0.29, 0.717) is 64.8 Å². The fourth-order valence-corrected chi connectivity index (χ4v) is 10.7. The molecule has 0 aromatic heterocycles. The number of likely N-dealkylation sites (tertiary alicyclic amines) is 1. The zero-order valence-corrected chi connectivity index (χ0v) is 34.4. The number of halogens is 3. The van der Waals surface area contributed by atoms with Crippen molar-refractivity contribution in [3.63, 3.8) is 0 Å². The Morgan fingerprint density at radius 1 is 0.951 bits per heavy atom. The lowest BCUT2D eigenvalue weighted by Crippen LogP contribution is -2.53. The summed E-state index contributed by atoms with van der Waals surface area (Å²) in [6, 6.07) is 22.0. The molecule has 3 saturated heterocycles. The van der Waals surface area contributed by atoms with Gasteiger partial charge in [-0.05, 0) is 90.8 Å². The fraction of sp³-hybridized carbons (Fsp3) is 0.340. The minimum absolute atomic E-state index is 0.00664. The van der Waals surface area contributed by atoms with Crippen LogP contribution in [-0.4, -0.2) is 70.6 Å². The second kappa shape index (κ2) is 15.4. The molecule has 1 spiro atoms. The van der Waals surface area contributed by atoms with E-state index >= 15 is 4.39 Å². The van der Waals surface area contributed by atoms with Gasteiger partial charge in [-0.1, -0.05) is 71.4 Å². The first kappa shape index (κ1) is 39.5. The normalized spacial score (nSPS) is 26.4. The number of hydrogen-bond acceptors (Lipinski definition) is 7. The van der Waals surface area contributed by atoms with Gasteiger partial charge < -0.3 is 20.9 Å². The zero-order valence-electron chi connectivity index (χ0n) is 32.9. The van der Waals surface area contributed by atoms with Crippen LogP contribution < -0.4 is 21.3 Å². The molecule has 6 atom stereocenters. The molecule has 5 amide bonds. The number of benzene rings is 4. The number of hydrogen-bond donors (Lipinski definition) is 4. The SMILES string of the molecule is O=C1CCC(N2Cc3c(C#CCCNC(=O)c4ccc([C@H]5C[C@H]6[C@@H](N5)[C@H](c5cccc(Cl)c5F)[C@]5(C(=O)Nc7cc(Cl)ccc75)N6CC5CC5)cc4)cccc3C2=O)C(=O)N1. The summed E-state index contributed by atoms with van der Waals surface area (Å²) >= 11 is 12.8. The van der Waals surface area contributed by atoms with Crippen LogP contribution in [0.15, 0.2) is 78.9 Å². The quantitative estimate of drug-likeness (QED) is 0.0942. The first-order valence-corrected chi connectivity index (χ1v) is 21.5. The monoisotopic (exact) mass is 858 g/mol. The van der Waals surface area contributed by atoms with Gasteiger partial charge in [0.15, 0.2) is 0 Å². The highest BCUT2D eigenvalue weighted by Crippen LogP contribution is 2.61. The number of imide groups is 1. The van der Waals surface area contributed by atoms with E-state index < -0.39 is 29.2 Å². The molecule has 6 aliphatic rings. The van der Waals surface area contributed by atoms with Gasteiger partial charge in [-0.3, -0.25) is 34.2 Å². The summed E-state index contributed by atoms with van der Waals surface area (Å²) in [5.41, 5.74) is 4.05. The number of amides is 5. The predicted molar refractivity (Wildman–Crippen MR) is 226 cm³/mol. The van der Waals surface area contributed by atoms with Gasteiger partial charge in [-0.15, -0.1) is 0 Å². The van der Waals surface area contributed by atoms with Gasteiger partial charge in [-0.25, -0.2) is 4.39 Å². The fourth-order valence-electron chi connectivity index (χ4n) is 10.4. The minimum Gasteiger partial charge on any atom is -0.351 e. The standard InChI is InChI=1S/C47H41Cl2FN6O5/c48-29-16-17-33-36(21-29)53-46(61)47(33)40(31-8-4-9-34(49)41(31)50)42-38(56(47)23-25-10-11-25)22-35(52-42)27-12-14-28(15-13-27)43(58)51-20-2-1-5-26-6-3-7-30-32(26)24-55(45(30)60)37-18-19-39(57)54-44(37)59/h3-4,6-9,12-17,21,25,35,37-38,40,42,52H,2,10-11,18-20,22-24H2,(H,51,58)(H,53,61)(H,54,57,59)/t35-,37?,38+,40+,42-,47-/m1/s1. The number of carbonyl (C=O) groups is 5. The number of rotatable bonds is 8. The molecule has 310 valence electrons. The van der Waals surface area contributed by atoms with Crippen molar-refractivity contribution in [3.05, 3.63) is 134 Å². The van der Waals surface area contributed by atoms with Crippen molar-refractivity contribution in [1.29, 1.82) is 0 Å². The van der Waals surface area contributed by atoms with Gasteiger partial charge >= 0.3 is 0 Å². The van der Waals surface area contributed by atoms with E-state index in [2.05, 4.69) is 38.0 Å². The Morgan fingerprint density at radius 2 is 1.75 bits per heavy atom. The van der Waals surface area contributed by atoms with Crippen molar-refractivity contribution in [2.24, 2.45) is 5.92 Å². The summed E-state index contributed by atoms with van der Waals surface area (Å²) in [5, 5.41) is 12.7. The summed E-state index contributed by atoms with van der Waals surface area (Å²) in [5.74, 6) is 4.07. The van der Waals surface area contributed by atoms with Crippen LogP contribution in [0.2, 0.25) is 10.0 Å². The van der Waals surface area contributed by atoms with Crippen molar-refractivity contribution in [1.82, 2.24) is 25.8 Å². The minimum atomic E-state index is -1.17. The predicted octanol–water partition coefficient (Wildman–Crippen LogP) is 6.19. The number of piperidine rings is 1. The van der Waals surface area contributed by atoms with Crippen LogP contribution in [0.3, 0.4) is 0 Å². The first-order chi connectivity index (χ1) is 29.5. The summed E-state index contributed by atoms with van der Waals surface area (Å²) in [6.45, 7) is 1.24. The second-order valence-electron chi connectivity index (χ2n) is 16.8. The summed E-state index contributed by atoms with van der Waals surface area (Å²) in [6.07, 6.45) is 3.66. The number of anilines is 1. The lowest BCUT2D eigenvalue weighted by Gasteiger charge is -2.41. The molecule has 1 saturated carbocycles. The second-order valence-corrected chi connectivity index (χ2v) is 17.7. The zero-order chi connectivity index (χ0) is 42.2. The van der Waals surface area contributed by atoms with Gasteiger partial charge in [0.25, 0.3) is 11.8 Å². The molecule has 5 aliphatic heterocycles. The average molecular weight is 860 g/mol. The van der Waals surface area contributed by atoms with E-state index in [-0.39, 0.29) is 66.2 Å². The Hall–Kier alpha value is -5.58. The van der Waals surface area contributed by atoms with E-state index in [9.17, 15) is 24.0 Å². The summed E-state index contributed by atoms with van der Waals surface area (Å²) in [7, 11) is 0. The van der Waals surface area contributed by atoms with Crippen LogP contribution in [0, 0.1) is 23.6 Å². The summed E-state index contributed by atoms with van der Waals surface area (Å²) < 4.78 is 16.2. The smallest absolute Gasteiger partial charge is 0.255 e. The molecule has 1 unspecified atom stereocenters. The van der Waals surface area contributed by atoms with E-state index in [4.69, 9.17) is 23.2 Å². The Labute approximate surface area is 361 Å². The van der Waals surface area contributed by atoms with Crippen molar-refractivity contribution in [3.8, 4) is 11.8 Å². The topological polar surface area (TPSA) is 140 Å². The third-order valence-corrected chi connectivity index (χ3v) is 13.8. The first-order valence-electron chi connectivity index (χ1n) is 20.7. The molecule has 1 aliphatic carbocycles. The highest BCUT2D eigenvalue weighted by atomic mass is 35.5. The number of nitrogens with one attached hydrogen (secondary N) is 4. The van der Waals surface area contributed by atoms with Crippen LogP contribution in [0.1, 0.15) is 99.0 Å². The van der Waals surface area contributed by atoms with Crippen molar-refractivity contribution in [2.45, 2.75) is 80.7 Å². The summed E-state index contributed by atoms with van der Waals surface area (Å²) in [4.78, 5) is 68.8. The maximum atomic E-state index is 16.2. The maximum absolute atomic E-state index is 16.2. The van der Waals surface area contributed by atoms with Crippen LogP contribution in [0.25, 0.3) is 0 Å². The molecule has 5 heterocycles. The lowest BCUT2D eigenvalue weighted by molar-refractivity contribution is -0.137. The number of fused-ring (bicyclic) bond motifs is 4. The van der Waals surface area contributed by atoms with Gasteiger partial charge in [0, 0.05) is 89.5 Å². The Kier molecular flexibility index (Phi) is 9.98. The van der Waals surface area contributed by atoms with Gasteiger partial charge in [-0.2, -0.15) is 0 Å². The molecule has 10 rings (SSSR count). The highest BCUT2D eigenvalue weighted by molar-refractivity contribution is 6.31. The van der Waals surface area contributed by atoms with Crippen LogP contribution in [-0.2, 0) is 26.5 Å². The average Bonchev–Trinajstić information content (AvgIpc) is 3.65. The van der Waals surface area contributed by atoms with Crippen LogP contribution >= 0.6 is 23.2 Å². The third kappa shape index (κ3) is 6.70. The van der Waals surface area contributed by atoms with E-state index in [1.807, 2.05) is 24.3 Å². The molecule has 0 radical (unpaired) electrons. The third-order valence-electron chi connectivity index (χ3n) is 13.3. The Balaban J connectivity index is 0.828. The van der Waals surface area contributed by atoms with Gasteiger partial charge in [0.2, 0.25) is 17.7 Å². The molecule has 4 fully saturated rings. The molecule has 61 heavy (non-hydrogen) atoms. The van der Waals surface area contributed by atoms with E-state index in [1.54, 1.807) is 48.5 Å². The molecule has 4 aromatic carbocycles. The maximum Gasteiger partial charge on any atom is 0.255 e. The number of carbonyl (C=O) groups excluding carboxylic acids is 5. The molecule has 11 nitrogen and oxygen atoms in total. The van der Waals surface area contributed by atoms with Gasteiger partial charge in [0.05, 0.1) is 5.02 Å². The Morgan fingerprint density at radius 3 is 2.54 bits per heavy atom. The Bertz CT molecular complexity index is 2610. The molecular formula is C47H41Cl2FN6O5. The molecular weight excluding hydrogens is 818 g/mol. The van der Waals surface area contributed by atoms with Gasteiger partial charge in [0.1, 0.15) is 17.4 Å². The van der Waals surface area contributed by atoms with E-state index in [1.165, 1.54) is 11.0 Å². The van der Waals surface area contributed by atoms with Crippen LogP contribution in [0.5, 0.6) is 0 Å². The lowest BCUT2D eigenvalue weighted by atomic mass is 9.73. The van der Waals surface area contributed by atoms with Crippen LogP contribution in [0.4, 0.5) is 10.1 Å². The van der Waals surface area contributed by atoms with Crippen molar-refractivity contribution in [2.75, 3.05) is 18.4 Å². The van der Waals surface area contributed by atoms with E-state index in [0.717, 1.165) is 29.5 Å². The van der Waals surface area contributed by atoms with Crippen molar-refractivity contribution >= 4 is 58.4 Å². The molecule has 4 N–H and O–H groups in total. The molecule has 4 aromatic rings. The number of nitrogens with zero attached hydrogens (tertiary/aromatic N) is 2.